The van der Waals surface area contributed by atoms with E-state index in [0.29, 0.717) is 0 Å². The van der Waals surface area contributed by atoms with E-state index in [1.807, 2.05) is 12.1 Å². The molecular weight excluding hydrogens is 597 g/mol. The van der Waals surface area contributed by atoms with Crippen LogP contribution in [0.3, 0.4) is 0 Å². The molecule has 224 valence electrons. The molecule has 0 fully saturated rings. The molecule has 2 rings (SSSR count). The van der Waals surface area contributed by atoms with Crippen molar-refractivity contribution in [2.45, 2.75) is 91.7 Å². The molecule has 0 saturated carbocycles. The van der Waals surface area contributed by atoms with Crippen molar-refractivity contribution in [3.8, 4) is 5.75 Å². The third-order valence-corrected chi connectivity index (χ3v) is 24.5. The van der Waals surface area contributed by atoms with Gasteiger partial charge >= 0.3 is 17.1 Å². The summed E-state index contributed by atoms with van der Waals surface area (Å²) in [7, 11) is -12.0. The lowest BCUT2D eigenvalue weighted by Gasteiger charge is -2.43. The summed E-state index contributed by atoms with van der Waals surface area (Å²) in [6.45, 7) is 31.5. The molecular formula is C29H54O5Si6. The first-order chi connectivity index (χ1) is 18.0. The molecule has 0 spiro atoms. The highest BCUT2D eigenvalue weighted by atomic mass is 28.5. The molecule has 0 aliphatic heterocycles. The molecule has 0 radical (unpaired) electrons. The van der Waals surface area contributed by atoms with Gasteiger partial charge in [-0.1, -0.05) is 42.5 Å². The van der Waals surface area contributed by atoms with Crippen LogP contribution in [0.15, 0.2) is 48.5 Å². The highest BCUT2D eigenvalue weighted by molar-refractivity contribution is 6.99. The van der Waals surface area contributed by atoms with E-state index in [9.17, 15) is 0 Å². The zero-order valence-electron chi connectivity index (χ0n) is 27.7. The van der Waals surface area contributed by atoms with E-state index in [2.05, 4.69) is 134 Å². The van der Waals surface area contributed by atoms with Crippen LogP contribution in [-0.2, 0) is 16.5 Å². The van der Waals surface area contributed by atoms with E-state index < -0.39 is 50.4 Å². The zero-order valence-corrected chi connectivity index (χ0v) is 33.7. The van der Waals surface area contributed by atoms with Crippen LogP contribution in [0, 0.1) is 0 Å². The number of hydrogen-bond acceptors (Lipinski definition) is 5. The third kappa shape index (κ3) is 11.1. The first-order valence-electron chi connectivity index (χ1n) is 14.2. The van der Waals surface area contributed by atoms with Gasteiger partial charge < -0.3 is 21.2 Å². The maximum Gasteiger partial charge on any atom is 0.349 e. The monoisotopic (exact) mass is 650 g/mol. The number of rotatable bonds is 13. The summed E-state index contributed by atoms with van der Waals surface area (Å²) in [5.41, 5.74) is 2.22. The lowest BCUT2D eigenvalue weighted by atomic mass is 10.1. The molecule has 0 amide bonds. The minimum absolute atomic E-state index is 0.836. The molecule has 0 heterocycles. The Morgan fingerprint density at radius 3 is 1.38 bits per heavy atom. The van der Waals surface area contributed by atoms with Gasteiger partial charge in [0.1, 0.15) is 5.75 Å². The average molecular weight is 651 g/mol. The highest BCUT2D eigenvalue weighted by Crippen LogP contribution is 2.36. The smallest absolute Gasteiger partial charge is 0.349 e. The minimum Gasteiger partial charge on any atom is -0.497 e. The maximum absolute atomic E-state index is 7.15. The van der Waals surface area contributed by atoms with Crippen molar-refractivity contribution in [1.82, 2.24) is 0 Å². The van der Waals surface area contributed by atoms with Gasteiger partial charge in [0.15, 0.2) is 33.3 Å². The van der Waals surface area contributed by atoms with Crippen molar-refractivity contribution in [1.29, 1.82) is 0 Å². The first-order valence-corrected chi connectivity index (χ1v) is 32.5. The Morgan fingerprint density at radius 2 is 0.975 bits per heavy atom. The van der Waals surface area contributed by atoms with Gasteiger partial charge in [0.05, 0.1) is 7.11 Å². The third-order valence-electron chi connectivity index (χ3n) is 5.63. The van der Waals surface area contributed by atoms with Crippen molar-refractivity contribution in [2.24, 2.45) is 0 Å². The van der Waals surface area contributed by atoms with Crippen LogP contribution >= 0.6 is 0 Å². The molecule has 5 nitrogen and oxygen atoms in total. The molecule has 0 aliphatic carbocycles. The lowest BCUT2D eigenvalue weighted by Crippen LogP contribution is -2.62. The second kappa shape index (κ2) is 12.8. The predicted molar refractivity (Wildman–Crippen MR) is 188 cm³/mol. The Balaban J connectivity index is 2.99. The van der Waals surface area contributed by atoms with E-state index in [1.54, 1.807) is 7.11 Å². The summed E-state index contributed by atoms with van der Waals surface area (Å²) in [4.78, 5) is 0. The van der Waals surface area contributed by atoms with Gasteiger partial charge in [-0.2, -0.15) is 0 Å². The number of benzene rings is 2. The average Bonchev–Trinajstić information content (AvgIpc) is 2.72. The molecule has 0 saturated heterocycles. The van der Waals surface area contributed by atoms with Crippen LogP contribution < -0.4 is 9.92 Å². The number of ether oxygens (including phenoxy) is 1. The molecule has 0 aromatic heterocycles. The topological polar surface area (TPSA) is 46.2 Å². The van der Waals surface area contributed by atoms with E-state index in [1.165, 1.54) is 0 Å². The molecule has 11 heteroatoms. The van der Waals surface area contributed by atoms with E-state index >= 15 is 0 Å². The Bertz CT molecular complexity index is 1120. The van der Waals surface area contributed by atoms with Gasteiger partial charge in [0.2, 0.25) is 0 Å². The Kier molecular flexibility index (Phi) is 11.3. The quantitative estimate of drug-likeness (QED) is 0.161. The van der Waals surface area contributed by atoms with Crippen LogP contribution in [0.4, 0.5) is 0 Å². The fourth-order valence-corrected chi connectivity index (χ4v) is 28.9. The van der Waals surface area contributed by atoms with Crippen LogP contribution in [-0.4, -0.2) is 57.5 Å². The predicted octanol–water partition coefficient (Wildman–Crippen LogP) is 8.53. The van der Waals surface area contributed by atoms with Crippen molar-refractivity contribution in [3.05, 3.63) is 59.7 Å². The summed E-state index contributed by atoms with van der Waals surface area (Å²) in [5, 5.41) is 2.30. The molecule has 0 unspecified atom stereocenters. The van der Waals surface area contributed by atoms with Crippen LogP contribution in [0.5, 0.6) is 5.75 Å². The Morgan fingerprint density at radius 1 is 0.550 bits per heavy atom. The second-order valence-electron chi connectivity index (χ2n) is 14.6. The van der Waals surface area contributed by atoms with Gasteiger partial charge in [0, 0.05) is 5.20 Å². The highest BCUT2D eigenvalue weighted by Gasteiger charge is 2.49. The summed E-state index contributed by atoms with van der Waals surface area (Å²) in [6, 6.07) is 16.9. The molecule has 0 bridgehead atoms. The minimum atomic E-state index is -2.94. The van der Waals surface area contributed by atoms with Gasteiger partial charge in [0.25, 0.3) is 0 Å². The maximum atomic E-state index is 7.15. The fourth-order valence-electron chi connectivity index (χ4n) is 5.03. The van der Waals surface area contributed by atoms with Gasteiger partial charge in [-0.05, 0) is 120 Å². The second-order valence-corrected chi connectivity index (χ2v) is 39.7. The lowest BCUT2D eigenvalue weighted by molar-refractivity contribution is 0.404. The van der Waals surface area contributed by atoms with Gasteiger partial charge in [-0.25, -0.2) is 0 Å². The van der Waals surface area contributed by atoms with Crippen LogP contribution in [0.2, 0.25) is 91.7 Å². The SMILES string of the molecule is COc1ccc(/C=C(/c2ccccc2[Si](C)(O[Si](C)(C)C)O[Si](C)(C)C)[Si](C)(O[Si](C)(C)C)O[Si](C)(C)C)cc1. The van der Waals surface area contributed by atoms with E-state index in [-0.39, 0.29) is 0 Å². The van der Waals surface area contributed by atoms with Gasteiger partial charge in [-0.3, -0.25) is 0 Å². The van der Waals surface area contributed by atoms with E-state index in [4.69, 9.17) is 21.2 Å². The normalized spacial score (nSPS) is 14.4. The van der Waals surface area contributed by atoms with Crippen LogP contribution in [0.1, 0.15) is 11.1 Å². The van der Waals surface area contributed by atoms with Crippen molar-refractivity contribution >= 4 is 66.9 Å². The zero-order chi connectivity index (χ0) is 30.8. The Hall–Kier alpha value is -0.879. The standard InChI is InChI=1S/C29H54O5Si6/c1-30-26-22-20-25(21-23-26)24-29(40(15,33-37(8,9)10)34-38(11,12)13)27-18-16-17-19-28(27)39(14,31-35(2,3)4)32-36(5,6)7/h16-24H,1-15H3/b29-24-. The van der Waals surface area contributed by atoms with Crippen LogP contribution in [0.25, 0.3) is 11.3 Å². The number of methoxy groups -OCH3 is 1. The summed E-state index contributed by atoms with van der Waals surface area (Å²) >= 11 is 0. The van der Waals surface area contributed by atoms with E-state index in [0.717, 1.165) is 27.3 Å². The molecule has 0 aliphatic rings. The molecule has 0 N–H and O–H groups in total. The van der Waals surface area contributed by atoms with Gasteiger partial charge in [-0.15, -0.1) is 0 Å². The molecule has 2 aromatic rings. The van der Waals surface area contributed by atoms with Crippen molar-refractivity contribution < 1.29 is 21.2 Å². The molecule has 0 atom stereocenters. The van der Waals surface area contributed by atoms with Crippen molar-refractivity contribution in [3.63, 3.8) is 0 Å². The van der Waals surface area contributed by atoms with Crippen molar-refractivity contribution in [2.75, 3.05) is 7.11 Å². The molecule has 2 aromatic carbocycles. The largest absolute Gasteiger partial charge is 0.497 e. The number of hydrogen-bond donors (Lipinski definition) is 0. The first kappa shape index (κ1) is 35.3. The fraction of sp³-hybridized carbons (Fsp3) is 0.517. The Labute approximate surface area is 251 Å². The summed E-state index contributed by atoms with van der Waals surface area (Å²) < 4.78 is 33.9. The summed E-state index contributed by atoms with van der Waals surface area (Å²) in [6.07, 6.45) is 2.28. The molecule has 40 heavy (non-hydrogen) atoms. The summed E-state index contributed by atoms with van der Waals surface area (Å²) in [5.74, 6) is 0.836.